The number of imidazole rings is 1. The van der Waals surface area contributed by atoms with Gasteiger partial charge in [0, 0.05) is 30.0 Å². The molecule has 1 saturated carbocycles. The average Bonchev–Trinajstić information content (AvgIpc) is 3.51. The third kappa shape index (κ3) is 3.82. The zero-order valence-electron chi connectivity index (χ0n) is 19.0. The number of methoxy groups -OCH3 is 1. The van der Waals surface area contributed by atoms with Gasteiger partial charge in [0.05, 0.1) is 37.1 Å². The lowest BCUT2D eigenvalue weighted by molar-refractivity contribution is 0.1000. The molecule has 3 heterocycles. The summed E-state index contributed by atoms with van der Waals surface area (Å²) in [6, 6.07) is 5.93. The van der Waals surface area contributed by atoms with E-state index in [2.05, 4.69) is 31.7 Å². The molecule has 5 rings (SSSR count). The van der Waals surface area contributed by atoms with Crippen molar-refractivity contribution >= 4 is 23.4 Å². The quantitative estimate of drug-likeness (QED) is 0.566. The maximum Gasteiger partial charge on any atom is 0.248 e. The smallest absolute Gasteiger partial charge is 0.248 e. The van der Waals surface area contributed by atoms with Crippen LogP contribution in [-0.2, 0) is 11.3 Å². The molecule has 3 N–H and O–H groups in total. The van der Waals surface area contributed by atoms with E-state index in [4.69, 9.17) is 15.5 Å². The number of fused-ring (bicyclic) bond motifs is 3. The molecular formula is C24H29N7O2. The summed E-state index contributed by atoms with van der Waals surface area (Å²) in [5, 5.41) is 3.33. The van der Waals surface area contributed by atoms with Gasteiger partial charge < -0.3 is 20.7 Å². The SMILES string of the molecule is CCC1c2cncn2-c2cnc(Nc3ccc(C(N)=O)cc3COC)nc2N1C1CCCC1. The molecule has 0 radical (unpaired) electrons. The zero-order valence-corrected chi connectivity index (χ0v) is 19.0. The lowest BCUT2D eigenvalue weighted by Crippen LogP contribution is -2.41. The van der Waals surface area contributed by atoms with Crippen molar-refractivity contribution in [3.63, 3.8) is 0 Å². The van der Waals surface area contributed by atoms with E-state index in [1.807, 2.05) is 24.8 Å². The van der Waals surface area contributed by atoms with Crippen LogP contribution < -0.4 is 16.0 Å². The van der Waals surface area contributed by atoms with E-state index in [0.717, 1.165) is 29.2 Å². The van der Waals surface area contributed by atoms with Crippen molar-refractivity contribution in [3.05, 3.63) is 53.7 Å². The standard InChI is InChI=1S/C24H29N7O2/c1-3-19-20-11-26-14-30(20)21-12-27-24(29-23(21)31(19)17-6-4-5-7-17)28-18-9-8-15(22(25)32)10-16(18)13-33-2/h8-12,14,17,19H,3-7,13H2,1-2H3,(H2,25,32)(H,27,28,29). The number of anilines is 3. The van der Waals surface area contributed by atoms with Crippen LogP contribution in [0.2, 0.25) is 0 Å². The molecule has 9 heteroatoms. The van der Waals surface area contributed by atoms with E-state index < -0.39 is 5.91 Å². The number of nitrogens with zero attached hydrogens (tertiary/aromatic N) is 5. The van der Waals surface area contributed by atoms with E-state index in [-0.39, 0.29) is 6.04 Å². The minimum absolute atomic E-state index is 0.227. The highest BCUT2D eigenvalue weighted by atomic mass is 16.5. The number of aromatic nitrogens is 4. The minimum atomic E-state index is -0.474. The zero-order chi connectivity index (χ0) is 22.9. The molecule has 1 fully saturated rings. The molecule has 1 aliphatic carbocycles. The fourth-order valence-corrected chi connectivity index (χ4v) is 5.11. The van der Waals surface area contributed by atoms with Gasteiger partial charge in [-0.15, -0.1) is 0 Å². The molecule has 172 valence electrons. The van der Waals surface area contributed by atoms with Gasteiger partial charge in [-0.05, 0) is 37.5 Å². The first-order valence-electron chi connectivity index (χ1n) is 11.5. The maximum atomic E-state index is 11.6. The lowest BCUT2D eigenvalue weighted by atomic mass is 10.0. The summed E-state index contributed by atoms with van der Waals surface area (Å²) in [4.78, 5) is 28.1. The normalized spacial score (nSPS) is 17.6. The number of hydrogen-bond donors (Lipinski definition) is 2. The molecule has 2 aromatic heterocycles. The number of primary amides is 1. The van der Waals surface area contributed by atoms with Crippen molar-refractivity contribution in [1.29, 1.82) is 0 Å². The van der Waals surface area contributed by atoms with E-state index >= 15 is 0 Å². The van der Waals surface area contributed by atoms with Crippen LogP contribution in [0.5, 0.6) is 0 Å². The topological polar surface area (TPSA) is 111 Å². The van der Waals surface area contributed by atoms with Gasteiger partial charge >= 0.3 is 0 Å². The molecule has 1 aromatic carbocycles. The van der Waals surface area contributed by atoms with E-state index in [1.165, 1.54) is 31.4 Å². The fourth-order valence-electron chi connectivity index (χ4n) is 5.11. The third-order valence-corrected chi connectivity index (χ3v) is 6.64. The van der Waals surface area contributed by atoms with Gasteiger partial charge in [-0.3, -0.25) is 9.36 Å². The summed E-state index contributed by atoms with van der Waals surface area (Å²) in [5.74, 6) is 0.955. The number of benzene rings is 1. The van der Waals surface area contributed by atoms with Gasteiger partial charge in [0.1, 0.15) is 5.69 Å². The summed E-state index contributed by atoms with van der Waals surface area (Å²) in [7, 11) is 1.61. The Morgan fingerprint density at radius 3 is 2.82 bits per heavy atom. The van der Waals surface area contributed by atoms with Crippen LogP contribution in [0.4, 0.5) is 17.5 Å². The summed E-state index contributed by atoms with van der Waals surface area (Å²) in [5.41, 5.74) is 9.61. The van der Waals surface area contributed by atoms with Crippen LogP contribution in [0.25, 0.3) is 5.69 Å². The second-order valence-electron chi connectivity index (χ2n) is 8.65. The minimum Gasteiger partial charge on any atom is -0.380 e. The highest BCUT2D eigenvalue weighted by Crippen LogP contribution is 2.43. The van der Waals surface area contributed by atoms with Crippen LogP contribution >= 0.6 is 0 Å². The number of ether oxygens (including phenoxy) is 1. The molecule has 0 spiro atoms. The predicted octanol–water partition coefficient (Wildman–Crippen LogP) is 3.86. The Labute approximate surface area is 193 Å². The summed E-state index contributed by atoms with van der Waals surface area (Å²) in [6.45, 7) is 2.55. The third-order valence-electron chi connectivity index (χ3n) is 6.64. The Kier molecular flexibility index (Phi) is 5.72. The molecule has 1 aliphatic heterocycles. The van der Waals surface area contributed by atoms with Crippen molar-refractivity contribution in [2.45, 2.75) is 57.7 Å². The van der Waals surface area contributed by atoms with Crippen LogP contribution in [0.1, 0.15) is 66.7 Å². The molecular weight excluding hydrogens is 418 g/mol. The molecule has 1 amide bonds. The summed E-state index contributed by atoms with van der Waals surface area (Å²) >= 11 is 0. The number of rotatable bonds is 7. The van der Waals surface area contributed by atoms with Gasteiger partial charge in [0.2, 0.25) is 11.9 Å². The van der Waals surface area contributed by atoms with Gasteiger partial charge in [0.25, 0.3) is 0 Å². The molecule has 1 atom stereocenters. The number of hydrogen-bond acceptors (Lipinski definition) is 7. The molecule has 3 aromatic rings. The van der Waals surface area contributed by atoms with Gasteiger partial charge in [-0.25, -0.2) is 9.97 Å². The number of nitrogens with two attached hydrogens (primary N) is 1. The first kappa shape index (κ1) is 21.4. The monoisotopic (exact) mass is 447 g/mol. The first-order valence-corrected chi connectivity index (χ1v) is 11.5. The van der Waals surface area contributed by atoms with Crippen LogP contribution in [0, 0.1) is 0 Å². The maximum absolute atomic E-state index is 11.6. The second-order valence-corrected chi connectivity index (χ2v) is 8.65. The van der Waals surface area contributed by atoms with E-state index in [9.17, 15) is 4.79 Å². The van der Waals surface area contributed by atoms with Crippen LogP contribution in [-0.4, -0.2) is 38.6 Å². The Bertz CT molecular complexity index is 1170. The number of carbonyl (C=O) groups is 1. The fraction of sp³-hybridized carbons (Fsp3) is 0.417. The van der Waals surface area contributed by atoms with Gasteiger partial charge in [0.15, 0.2) is 5.82 Å². The number of nitrogens with one attached hydrogen (secondary N) is 1. The average molecular weight is 448 g/mol. The van der Waals surface area contributed by atoms with E-state index in [1.54, 1.807) is 19.2 Å². The predicted molar refractivity (Wildman–Crippen MR) is 126 cm³/mol. The first-order chi connectivity index (χ1) is 16.1. The van der Waals surface area contributed by atoms with Crippen LogP contribution in [0.3, 0.4) is 0 Å². The highest BCUT2D eigenvalue weighted by Gasteiger charge is 2.37. The Morgan fingerprint density at radius 2 is 2.09 bits per heavy atom. The number of amides is 1. The Balaban J connectivity index is 1.55. The largest absolute Gasteiger partial charge is 0.380 e. The molecule has 0 saturated heterocycles. The van der Waals surface area contributed by atoms with Crippen molar-refractivity contribution < 1.29 is 9.53 Å². The molecule has 33 heavy (non-hydrogen) atoms. The van der Waals surface area contributed by atoms with Gasteiger partial charge in [-0.1, -0.05) is 19.8 Å². The summed E-state index contributed by atoms with van der Waals surface area (Å²) < 4.78 is 7.43. The second kappa shape index (κ2) is 8.82. The van der Waals surface area contributed by atoms with Crippen molar-refractivity contribution in [1.82, 2.24) is 19.5 Å². The van der Waals surface area contributed by atoms with Crippen molar-refractivity contribution in [2.24, 2.45) is 5.73 Å². The van der Waals surface area contributed by atoms with Crippen LogP contribution in [0.15, 0.2) is 36.9 Å². The Hall–Kier alpha value is -3.46. The van der Waals surface area contributed by atoms with E-state index in [0.29, 0.717) is 24.2 Å². The summed E-state index contributed by atoms with van der Waals surface area (Å²) in [6.07, 6.45) is 11.5. The lowest BCUT2D eigenvalue weighted by Gasteiger charge is -2.41. The molecule has 2 aliphatic rings. The highest BCUT2D eigenvalue weighted by molar-refractivity contribution is 5.93. The van der Waals surface area contributed by atoms with Crippen molar-refractivity contribution in [2.75, 3.05) is 17.3 Å². The molecule has 1 unspecified atom stereocenters. The Morgan fingerprint density at radius 1 is 1.27 bits per heavy atom. The molecule has 9 nitrogen and oxygen atoms in total. The molecule has 0 bridgehead atoms. The van der Waals surface area contributed by atoms with Gasteiger partial charge in [-0.2, -0.15) is 4.98 Å². The van der Waals surface area contributed by atoms with Crippen molar-refractivity contribution in [3.8, 4) is 5.69 Å². The number of carbonyl (C=O) groups excluding carboxylic acids is 1.